The number of urea groups is 1. The normalized spacial score (nSPS) is 25.2. The fourth-order valence-corrected chi connectivity index (χ4v) is 1.67. The van der Waals surface area contributed by atoms with Gasteiger partial charge in [0.05, 0.1) is 0 Å². The molecule has 1 rings (SSSR count). The topological polar surface area (TPSA) is 78.9 Å². The molecule has 6 nitrogen and oxygen atoms in total. The number of hydroxylamine groups is 1. The number of carbonyl (C=O) groups is 2. The third kappa shape index (κ3) is 3.69. The highest BCUT2D eigenvalue weighted by molar-refractivity contribution is 5.73. The predicted molar refractivity (Wildman–Crippen MR) is 56.6 cm³/mol. The van der Waals surface area contributed by atoms with Gasteiger partial charge in [-0.05, 0) is 18.3 Å². The Morgan fingerprint density at radius 1 is 1.44 bits per heavy atom. The Labute approximate surface area is 94.5 Å². The van der Waals surface area contributed by atoms with Crippen LogP contribution in [-0.2, 0) is 9.63 Å². The van der Waals surface area contributed by atoms with Crippen molar-refractivity contribution < 1.29 is 19.5 Å². The van der Waals surface area contributed by atoms with Crippen molar-refractivity contribution in [2.24, 2.45) is 11.8 Å². The lowest BCUT2D eigenvalue weighted by atomic mass is 9.89. The van der Waals surface area contributed by atoms with Crippen LogP contribution in [0.1, 0.15) is 20.3 Å². The van der Waals surface area contributed by atoms with Crippen molar-refractivity contribution in [2.75, 3.05) is 19.7 Å². The number of carbonyl (C=O) groups excluding carboxylic acids is 1. The van der Waals surface area contributed by atoms with E-state index in [1.54, 1.807) is 4.90 Å². The number of amides is 2. The molecule has 0 aromatic carbocycles. The number of nitrogens with one attached hydrogen (secondary N) is 1. The molecule has 0 aliphatic carbocycles. The van der Waals surface area contributed by atoms with E-state index >= 15 is 0 Å². The van der Waals surface area contributed by atoms with Crippen LogP contribution in [0, 0.1) is 11.8 Å². The molecule has 6 heteroatoms. The molecule has 0 radical (unpaired) electrons. The summed E-state index contributed by atoms with van der Waals surface area (Å²) in [5, 5.41) is 8.32. The van der Waals surface area contributed by atoms with E-state index in [9.17, 15) is 9.59 Å². The molecule has 0 saturated carbocycles. The van der Waals surface area contributed by atoms with Gasteiger partial charge in [-0.2, -0.15) is 0 Å². The average molecular weight is 230 g/mol. The Bertz CT molecular complexity index is 270. The van der Waals surface area contributed by atoms with E-state index in [0.717, 1.165) is 6.42 Å². The van der Waals surface area contributed by atoms with Crippen LogP contribution < -0.4 is 5.48 Å². The van der Waals surface area contributed by atoms with Crippen LogP contribution in [0.2, 0.25) is 0 Å². The summed E-state index contributed by atoms with van der Waals surface area (Å²) in [7, 11) is 0. The second-order valence-corrected chi connectivity index (χ2v) is 4.28. The molecular weight excluding hydrogens is 212 g/mol. The first-order chi connectivity index (χ1) is 7.50. The van der Waals surface area contributed by atoms with E-state index in [0.29, 0.717) is 24.9 Å². The van der Waals surface area contributed by atoms with Crippen molar-refractivity contribution in [1.82, 2.24) is 10.4 Å². The zero-order chi connectivity index (χ0) is 12.1. The van der Waals surface area contributed by atoms with E-state index < -0.39 is 12.6 Å². The minimum absolute atomic E-state index is 0.361. The van der Waals surface area contributed by atoms with Gasteiger partial charge in [-0.3, -0.25) is 4.84 Å². The second-order valence-electron chi connectivity index (χ2n) is 4.28. The van der Waals surface area contributed by atoms with Crippen LogP contribution in [0.5, 0.6) is 0 Å². The highest BCUT2D eigenvalue weighted by atomic mass is 16.7. The van der Waals surface area contributed by atoms with Crippen LogP contribution >= 0.6 is 0 Å². The van der Waals surface area contributed by atoms with Crippen LogP contribution in [-0.4, -0.2) is 41.7 Å². The number of likely N-dealkylation sites (tertiary alicyclic amines) is 1. The van der Waals surface area contributed by atoms with E-state index in [-0.39, 0.29) is 6.03 Å². The molecule has 2 atom stereocenters. The van der Waals surface area contributed by atoms with Crippen molar-refractivity contribution in [3.63, 3.8) is 0 Å². The molecule has 2 N–H and O–H groups in total. The highest BCUT2D eigenvalue weighted by Gasteiger charge is 2.25. The number of piperidine rings is 1. The van der Waals surface area contributed by atoms with Gasteiger partial charge in [0.2, 0.25) is 0 Å². The number of nitrogens with zero attached hydrogens (tertiary/aromatic N) is 1. The van der Waals surface area contributed by atoms with Gasteiger partial charge in [0.15, 0.2) is 6.61 Å². The standard InChI is InChI=1S/C10H18N2O4/c1-7-3-4-12(5-8(7)2)10(15)11-16-6-9(13)14/h7-8H,3-6H2,1-2H3,(H,11,15)(H,13,14). The molecule has 92 valence electrons. The van der Waals surface area contributed by atoms with Gasteiger partial charge in [0.1, 0.15) is 0 Å². The third-order valence-electron chi connectivity index (χ3n) is 2.98. The number of carboxylic acid groups (broad SMARTS) is 1. The van der Waals surface area contributed by atoms with Crippen LogP contribution in [0.25, 0.3) is 0 Å². The van der Waals surface area contributed by atoms with Crippen molar-refractivity contribution in [3.05, 3.63) is 0 Å². The molecule has 16 heavy (non-hydrogen) atoms. The fraction of sp³-hybridized carbons (Fsp3) is 0.800. The monoisotopic (exact) mass is 230 g/mol. The predicted octanol–water partition coefficient (Wildman–Crippen LogP) is 0.690. The largest absolute Gasteiger partial charge is 0.479 e. The van der Waals surface area contributed by atoms with Crippen molar-refractivity contribution in [1.29, 1.82) is 0 Å². The lowest BCUT2D eigenvalue weighted by Gasteiger charge is -2.34. The Hall–Kier alpha value is -1.30. The summed E-state index contributed by atoms with van der Waals surface area (Å²) in [6, 6.07) is -0.361. The van der Waals surface area contributed by atoms with Crippen molar-refractivity contribution in [3.8, 4) is 0 Å². The minimum Gasteiger partial charge on any atom is -0.479 e. The molecule has 1 fully saturated rings. The molecule has 2 unspecified atom stereocenters. The quantitative estimate of drug-likeness (QED) is 0.699. The Kier molecular flexibility index (Phi) is 4.54. The van der Waals surface area contributed by atoms with Gasteiger partial charge in [-0.15, -0.1) is 0 Å². The Morgan fingerprint density at radius 3 is 2.69 bits per heavy atom. The zero-order valence-corrected chi connectivity index (χ0v) is 9.60. The Morgan fingerprint density at radius 2 is 2.12 bits per heavy atom. The molecule has 0 bridgehead atoms. The summed E-state index contributed by atoms with van der Waals surface area (Å²) in [6.07, 6.45) is 0.966. The smallest absolute Gasteiger partial charge is 0.341 e. The lowest BCUT2D eigenvalue weighted by Crippen LogP contribution is -2.47. The Balaban J connectivity index is 2.29. The summed E-state index contributed by atoms with van der Waals surface area (Å²) in [4.78, 5) is 27.9. The van der Waals surface area contributed by atoms with E-state index in [2.05, 4.69) is 24.2 Å². The number of carboxylic acids is 1. The van der Waals surface area contributed by atoms with Crippen LogP contribution in [0.4, 0.5) is 4.79 Å². The molecule has 1 saturated heterocycles. The zero-order valence-electron chi connectivity index (χ0n) is 9.60. The molecule has 1 heterocycles. The maximum absolute atomic E-state index is 11.5. The molecule has 0 aromatic rings. The fourth-order valence-electron chi connectivity index (χ4n) is 1.67. The second kappa shape index (κ2) is 5.69. The van der Waals surface area contributed by atoms with Gasteiger partial charge in [-0.1, -0.05) is 13.8 Å². The number of hydrogen-bond acceptors (Lipinski definition) is 3. The molecular formula is C10H18N2O4. The number of hydrogen-bond donors (Lipinski definition) is 2. The van der Waals surface area contributed by atoms with Gasteiger partial charge in [0.25, 0.3) is 0 Å². The third-order valence-corrected chi connectivity index (χ3v) is 2.98. The van der Waals surface area contributed by atoms with Gasteiger partial charge < -0.3 is 10.0 Å². The molecule has 0 aromatic heterocycles. The van der Waals surface area contributed by atoms with Crippen LogP contribution in [0.15, 0.2) is 0 Å². The summed E-state index contributed by atoms with van der Waals surface area (Å²) >= 11 is 0. The minimum atomic E-state index is -1.11. The van der Waals surface area contributed by atoms with E-state index in [1.165, 1.54) is 0 Å². The first-order valence-electron chi connectivity index (χ1n) is 5.39. The summed E-state index contributed by atoms with van der Waals surface area (Å²) in [6.45, 7) is 5.12. The summed E-state index contributed by atoms with van der Waals surface area (Å²) in [5.41, 5.74) is 2.13. The molecule has 0 spiro atoms. The number of rotatable bonds is 3. The SMILES string of the molecule is CC1CCN(C(=O)NOCC(=O)O)CC1C. The van der Waals surface area contributed by atoms with E-state index in [4.69, 9.17) is 5.11 Å². The average Bonchev–Trinajstić information content (AvgIpc) is 2.21. The summed E-state index contributed by atoms with van der Waals surface area (Å²) in [5.74, 6) is -0.0381. The van der Waals surface area contributed by atoms with Crippen molar-refractivity contribution >= 4 is 12.0 Å². The van der Waals surface area contributed by atoms with Crippen LogP contribution in [0.3, 0.4) is 0 Å². The molecule has 1 aliphatic heterocycles. The van der Waals surface area contributed by atoms with Gasteiger partial charge in [0, 0.05) is 13.1 Å². The molecule has 1 aliphatic rings. The maximum atomic E-state index is 11.5. The number of aliphatic carboxylic acids is 1. The van der Waals surface area contributed by atoms with Gasteiger partial charge in [-0.25, -0.2) is 15.1 Å². The first-order valence-corrected chi connectivity index (χ1v) is 5.39. The lowest BCUT2D eigenvalue weighted by molar-refractivity contribution is -0.144. The maximum Gasteiger partial charge on any atom is 0.341 e. The highest BCUT2D eigenvalue weighted by Crippen LogP contribution is 2.22. The summed E-state index contributed by atoms with van der Waals surface area (Å²) < 4.78 is 0. The first kappa shape index (κ1) is 12.8. The molecule has 2 amide bonds. The van der Waals surface area contributed by atoms with Gasteiger partial charge >= 0.3 is 12.0 Å². The van der Waals surface area contributed by atoms with Crippen molar-refractivity contribution in [2.45, 2.75) is 20.3 Å². The van der Waals surface area contributed by atoms with E-state index in [1.807, 2.05) is 0 Å².